The van der Waals surface area contributed by atoms with Crippen LogP contribution in [0.15, 0.2) is 24.3 Å². The van der Waals surface area contributed by atoms with Gasteiger partial charge in [-0.1, -0.05) is 25.1 Å². The molecule has 1 aromatic carbocycles. The van der Waals surface area contributed by atoms with Crippen molar-refractivity contribution in [3.8, 4) is 0 Å². The van der Waals surface area contributed by atoms with Gasteiger partial charge in [0, 0.05) is 16.6 Å². The van der Waals surface area contributed by atoms with Crippen LogP contribution in [0.2, 0.25) is 0 Å². The number of hydrogen-bond acceptors (Lipinski definition) is 4. The molecule has 1 N–H and O–H groups in total. The Morgan fingerprint density at radius 1 is 1.04 bits per heavy atom. The van der Waals surface area contributed by atoms with Crippen molar-refractivity contribution in [1.82, 2.24) is 4.98 Å². The zero-order chi connectivity index (χ0) is 18.4. The van der Waals surface area contributed by atoms with Gasteiger partial charge in [0.25, 0.3) is 0 Å². The smallest absolute Gasteiger partial charge is 0.323 e. The number of aromatic nitrogens is 1. The maximum absolute atomic E-state index is 12.6. The van der Waals surface area contributed by atoms with E-state index in [2.05, 4.69) is 11.1 Å². The van der Waals surface area contributed by atoms with Crippen LogP contribution in [0.1, 0.15) is 44.9 Å². The summed E-state index contributed by atoms with van der Waals surface area (Å²) in [6, 6.07) is 8.05. The molecule has 1 aromatic heterocycles. The van der Waals surface area contributed by atoms with Gasteiger partial charge in [-0.2, -0.15) is 0 Å². The highest BCUT2D eigenvalue weighted by molar-refractivity contribution is 6.00. The quantitative estimate of drug-likeness (QED) is 0.581. The second kappa shape index (κ2) is 8.19. The van der Waals surface area contributed by atoms with Crippen molar-refractivity contribution < 1.29 is 19.1 Å². The molecule has 136 valence electrons. The van der Waals surface area contributed by atoms with Gasteiger partial charge in [-0.05, 0) is 51.7 Å². The summed E-state index contributed by atoms with van der Waals surface area (Å²) in [4.78, 5) is 28.5. The van der Waals surface area contributed by atoms with Gasteiger partial charge in [-0.25, -0.2) is 0 Å². The number of H-pyrrole nitrogens is 1. The molecule has 0 saturated heterocycles. The maximum atomic E-state index is 12.6. The molecule has 0 aliphatic rings. The number of rotatable bonds is 8. The van der Waals surface area contributed by atoms with Crippen LogP contribution in [0.25, 0.3) is 10.9 Å². The molecule has 0 bridgehead atoms. The second-order valence-corrected chi connectivity index (χ2v) is 6.15. The lowest BCUT2D eigenvalue weighted by Crippen LogP contribution is -2.42. The Balaban J connectivity index is 2.34. The first-order chi connectivity index (χ1) is 12.0. The summed E-state index contributed by atoms with van der Waals surface area (Å²) >= 11 is 0. The Bertz CT molecular complexity index is 729. The van der Waals surface area contributed by atoms with Crippen LogP contribution < -0.4 is 0 Å². The number of benzene rings is 1. The molecule has 0 radical (unpaired) electrons. The molecule has 0 saturated carbocycles. The monoisotopic (exact) mass is 345 g/mol. The van der Waals surface area contributed by atoms with E-state index in [9.17, 15) is 9.59 Å². The molecule has 0 atom stereocenters. The third kappa shape index (κ3) is 3.70. The fraction of sp³-hybridized carbons (Fsp3) is 0.500. The van der Waals surface area contributed by atoms with Crippen LogP contribution in [0.3, 0.4) is 0 Å². The lowest BCUT2D eigenvalue weighted by molar-refractivity contribution is -0.173. The number of aromatic amines is 1. The molecule has 2 aromatic rings. The number of esters is 2. The minimum absolute atomic E-state index is 0.242. The fourth-order valence-electron chi connectivity index (χ4n) is 3.29. The number of fused-ring (bicyclic) bond motifs is 1. The number of carbonyl (C=O) groups excluding carboxylic acids is 2. The van der Waals surface area contributed by atoms with Crippen molar-refractivity contribution in [2.75, 3.05) is 13.2 Å². The van der Waals surface area contributed by atoms with Gasteiger partial charge < -0.3 is 14.5 Å². The van der Waals surface area contributed by atoms with Gasteiger partial charge >= 0.3 is 11.9 Å². The summed E-state index contributed by atoms with van der Waals surface area (Å²) in [6.07, 6.45) is 1.32. The highest BCUT2D eigenvalue weighted by atomic mass is 16.6. The summed E-state index contributed by atoms with van der Waals surface area (Å²) in [5, 5.41) is 1.12. The van der Waals surface area contributed by atoms with E-state index in [1.54, 1.807) is 13.8 Å². The number of ether oxygens (including phenoxy) is 2. The lowest BCUT2D eigenvalue weighted by atomic mass is 9.79. The van der Waals surface area contributed by atoms with E-state index in [4.69, 9.17) is 9.47 Å². The highest BCUT2D eigenvalue weighted by Crippen LogP contribution is 2.34. The van der Waals surface area contributed by atoms with Crippen LogP contribution in [-0.4, -0.2) is 30.1 Å². The SMILES string of the molecule is CCOC(=O)C(CC)(CCc1c(C)[nH]c2ccccc12)C(=O)OCC. The maximum Gasteiger partial charge on any atom is 0.323 e. The van der Waals surface area contributed by atoms with E-state index < -0.39 is 17.4 Å². The minimum Gasteiger partial charge on any atom is -0.465 e. The summed E-state index contributed by atoms with van der Waals surface area (Å²) in [5.41, 5.74) is 1.99. The Hall–Kier alpha value is -2.30. The molecule has 2 rings (SSSR count). The van der Waals surface area contributed by atoms with E-state index in [1.165, 1.54) is 0 Å². The third-order valence-electron chi connectivity index (χ3n) is 4.76. The second-order valence-electron chi connectivity index (χ2n) is 6.15. The van der Waals surface area contributed by atoms with E-state index >= 15 is 0 Å². The van der Waals surface area contributed by atoms with Crippen molar-refractivity contribution in [2.45, 2.75) is 47.0 Å². The van der Waals surface area contributed by atoms with E-state index in [-0.39, 0.29) is 13.2 Å². The minimum atomic E-state index is -1.25. The molecule has 0 amide bonds. The van der Waals surface area contributed by atoms with Gasteiger partial charge in [-0.3, -0.25) is 9.59 Å². The first-order valence-electron chi connectivity index (χ1n) is 8.90. The zero-order valence-electron chi connectivity index (χ0n) is 15.5. The van der Waals surface area contributed by atoms with E-state index in [0.29, 0.717) is 19.3 Å². The summed E-state index contributed by atoms with van der Waals surface area (Å²) in [6.45, 7) is 7.81. The average Bonchev–Trinajstić information content (AvgIpc) is 2.92. The largest absolute Gasteiger partial charge is 0.465 e. The third-order valence-corrected chi connectivity index (χ3v) is 4.76. The molecule has 25 heavy (non-hydrogen) atoms. The normalized spacial score (nSPS) is 11.5. The predicted molar refractivity (Wildman–Crippen MR) is 97.3 cm³/mol. The first kappa shape index (κ1) is 19.0. The molecule has 5 nitrogen and oxygen atoms in total. The Labute approximate surface area is 148 Å². The topological polar surface area (TPSA) is 68.4 Å². The molecule has 0 spiro atoms. The van der Waals surface area contributed by atoms with Gasteiger partial charge in [0.1, 0.15) is 0 Å². The van der Waals surface area contributed by atoms with Crippen LogP contribution >= 0.6 is 0 Å². The molecule has 5 heteroatoms. The predicted octanol–water partition coefficient (Wildman–Crippen LogP) is 3.93. The van der Waals surface area contributed by atoms with Crippen LogP contribution in [-0.2, 0) is 25.5 Å². The van der Waals surface area contributed by atoms with E-state index in [1.807, 2.05) is 32.0 Å². The number of hydrogen-bond donors (Lipinski definition) is 1. The summed E-state index contributed by atoms with van der Waals surface area (Å²) < 4.78 is 10.4. The van der Waals surface area contributed by atoms with Crippen LogP contribution in [0.4, 0.5) is 0 Å². The summed E-state index contributed by atoms with van der Waals surface area (Å²) in [7, 11) is 0. The van der Waals surface area contributed by atoms with Crippen molar-refractivity contribution in [2.24, 2.45) is 5.41 Å². The molecule has 1 heterocycles. The van der Waals surface area contributed by atoms with E-state index in [0.717, 1.165) is 22.2 Å². The number of nitrogens with one attached hydrogen (secondary N) is 1. The highest BCUT2D eigenvalue weighted by Gasteiger charge is 2.47. The van der Waals surface area contributed by atoms with Gasteiger partial charge in [0.15, 0.2) is 5.41 Å². The van der Waals surface area contributed by atoms with Crippen molar-refractivity contribution >= 4 is 22.8 Å². The molecule has 0 aliphatic carbocycles. The Kier molecular flexibility index (Phi) is 6.23. The van der Waals surface area contributed by atoms with Crippen molar-refractivity contribution in [1.29, 1.82) is 0 Å². The average molecular weight is 345 g/mol. The molecule has 0 aliphatic heterocycles. The Morgan fingerprint density at radius 2 is 1.64 bits per heavy atom. The summed E-state index contributed by atoms with van der Waals surface area (Å²) in [5.74, 6) is -0.984. The lowest BCUT2D eigenvalue weighted by Gasteiger charge is -2.28. The molecular formula is C20H27NO4. The van der Waals surface area contributed by atoms with Crippen LogP contribution in [0, 0.1) is 12.3 Å². The molecule has 0 fully saturated rings. The van der Waals surface area contributed by atoms with Crippen LogP contribution in [0.5, 0.6) is 0 Å². The molecule has 0 unspecified atom stereocenters. The first-order valence-corrected chi connectivity index (χ1v) is 8.90. The Morgan fingerprint density at radius 3 is 2.20 bits per heavy atom. The molecular weight excluding hydrogens is 318 g/mol. The standard InChI is InChI=1S/C20H27NO4/c1-5-20(18(22)24-6-2,19(23)25-7-3)13-12-15-14(4)21-17-11-9-8-10-16(15)17/h8-11,21H,5-7,12-13H2,1-4H3. The number of para-hydroxylation sites is 1. The zero-order valence-corrected chi connectivity index (χ0v) is 15.5. The number of aryl methyl sites for hydroxylation is 2. The fourth-order valence-corrected chi connectivity index (χ4v) is 3.29. The van der Waals surface area contributed by atoms with Crippen molar-refractivity contribution in [3.63, 3.8) is 0 Å². The number of carbonyl (C=O) groups is 2. The van der Waals surface area contributed by atoms with Gasteiger partial charge in [-0.15, -0.1) is 0 Å². The van der Waals surface area contributed by atoms with Crippen molar-refractivity contribution in [3.05, 3.63) is 35.5 Å². The van der Waals surface area contributed by atoms with Gasteiger partial charge in [0.05, 0.1) is 13.2 Å². The van der Waals surface area contributed by atoms with Gasteiger partial charge in [0.2, 0.25) is 0 Å².